The lowest BCUT2D eigenvalue weighted by Crippen LogP contribution is -2.12. The fourth-order valence-corrected chi connectivity index (χ4v) is 2.67. The first kappa shape index (κ1) is 21.1. The van der Waals surface area contributed by atoms with Gasteiger partial charge in [-0.3, -0.25) is 0 Å². The van der Waals surface area contributed by atoms with E-state index in [2.05, 4.69) is 46.8 Å². The molecule has 0 amide bonds. The van der Waals surface area contributed by atoms with Crippen LogP contribution >= 0.6 is 0 Å². The highest BCUT2D eigenvalue weighted by molar-refractivity contribution is 5.49. The average Bonchev–Trinajstić information content (AvgIpc) is 2.37. The highest BCUT2D eigenvalue weighted by atomic mass is 16.3. The van der Waals surface area contributed by atoms with Crippen LogP contribution in [-0.4, -0.2) is 17.5 Å². The van der Waals surface area contributed by atoms with E-state index >= 15 is 0 Å². The molecular weight excluding hydrogens is 272 g/mol. The van der Waals surface area contributed by atoms with Gasteiger partial charge in [0.15, 0.2) is 0 Å². The number of rotatable bonds is 12. The van der Waals surface area contributed by atoms with Crippen LogP contribution in [0.3, 0.4) is 0 Å². The maximum absolute atomic E-state index is 10.4. The fraction of sp³-hybridized carbons (Fsp3) is 0.750. The van der Waals surface area contributed by atoms with Gasteiger partial charge in [0.05, 0.1) is 6.10 Å². The van der Waals surface area contributed by atoms with Crippen LogP contribution in [0, 0.1) is 11.8 Å². The van der Waals surface area contributed by atoms with E-state index in [9.17, 15) is 9.90 Å². The largest absolute Gasteiger partial charge is 0.393 e. The minimum Gasteiger partial charge on any atom is -0.393 e. The summed E-state index contributed by atoms with van der Waals surface area (Å²) in [5.74, 6) is 1.02. The molecular formula is C20H36O2. The van der Waals surface area contributed by atoms with Crippen molar-refractivity contribution in [2.24, 2.45) is 11.8 Å². The Morgan fingerprint density at radius 1 is 1.00 bits per heavy atom. The van der Waals surface area contributed by atoms with Crippen LogP contribution in [0.25, 0.3) is 0 Å². The lowest BCUT2D eigenvalue weighted by molar-refractivity contribution is -0.108. The molecule has 0 saturated heterocycles. The molecule has 2 heteroatoms. The zero-order chi connectivity index (χ0) is 17.0. The molecule has 1 N–H and O–H groups in total. The van der Waals surface area contributed by atoms with Crippen LogP contribution in [0.2, 0.25) is 0 Å². The normalized spacial score (nSPS) is 16.0. The predicted octanol–water partition coefficient (Wildman–Crippen LogP) is 5.46. The van der Waals surface area contributed by atoms with E-state index in [0.717, 1.165) is 44.8 Å². The van der Waals surface area contributed by atoms with Crippen molar-refractivity contribution in [1.82, 2.24) is 0 Å². The maximum atomic E-state index is 10.4. The summed E-state index contributed by atoms with van der Waals surface area (Å²) in [5, 5.41) is 10.2. The molecule has 0 bridgehead atoms. The van der Waals surface area contributed by atoms with E-state index in [1.807, 2.05) is 0 Å². The summed E-state index contributed by atoms with van der Waals surface area (Å²) in [7, 11) is 0. The quantitative estimate of drug-likeness (QED) is 0.384. The number of carbonyl (C=O) groups excluding carboxylic acids is 1. The van der Waals surface area contributed by atoms with Crippen LogP contribution in [0.15, 0.2) is 23.3 Å². The monoisotopic (exact) mass is 308 g/mol. The summed E-state index contributed by atoms with van der Waals surface area (Å²) in [4.78, 5) is 10.4. The van der Waals surface area contributed by atoms with Gasteiger partial charge in [-0.1, -0.05) is 37.1 Å². The second-order valence-electron chi connectivity index (χ2n) is 7.19. The van der Waals surface area contributed by atoms with Crippen LogP contribution < -0.4 is 0 Å². The summed E-state index contributed by atoms with van der Waals surface area (Å²) in [6.07, 6.45) is 11.9. The number of aliphatic hydroxyl groups is 1. The van der Waals surface area contributed by atoms with Gasteiger partial charge < -0.3 is 9.90 Å². The van der Waals surface area contributed by atoms with E-state index < -0.39 is 0 Å². The molecule has 0 aromatic rings. The van der Waals surface area contributed by atoms with Gasteiger partial charge in [0.25, 0.3) is 0 Å². The first-order valence-electron chi connectivity index (χ1n) is 8.75. The molecule has 128 valence electrons. The molecule has 0 fully saturated rings. The Morgan fingerprint density at radius 2 is 1.59 bits per heavy atom. The zero-order valence-corrected chi connectivity index (χ0v) is 15.3. The van der Waals surface area contributed by atoms with Crippen molar-refractivity contribution in [2.75, 3.05) is 0 Å². The molecule has 0 aliphatic carbocycles. The lowest BCUT2D eigenvalue weighted by Gasteiger charge is -2.16. The van der Waals surface area contributed by atoms with Gasteiger partial charge in [0.1, 0.15) is 6.29 Å². The molecule has 0 rings (SSSR count). The summed E-state index contributed by atoms with van der Waals surface area (Å²) in [5.41, 5.74) is 2.64. The number of hydrogen-bond acceptors (Lipinski definition) is 2. The molecule has 0 aliphatic rings. The third-order valence-corrected chi connectivity index (χ3v) is 4.09. The summed E-state index contributed by atoms with van der Waals surface area (Å²) in [6.45, 7) is 10.7. The molecule has 22 heavy (non-hydrogen) atoms. The van der Waals surface area contributed by atoms with Crippen LogP contribution in [0.5, 0.6) is 0 Å². The Labute approximate surface area is 137 Å². The third-order valence-electron chi connectivity index (χ3n) is 4.09. The molecule has 3 unspecified atom stereocenters. The summed E-state index contributed by atoms with van der Waals surface area (Å²) in [6, 6.07) is 0. The number of aliphatic hydroxyl groups excluding tert-OH is 1. The zero-order valence-electron chi connectivity index (χ0n) is 15.3. The molecule has 0 spiro atoms. The van der Waals surface area contributed by atoms with Gasteiger partial charge in [0, 0.05) is 6.42 Å². The molecule has 0 aromatic carbocycles. The van der Waals surface area contributed by atoms with Crippen LogP contribution in [-0.2, 0) is 4.79 Å². The molecule has 0 aromatic heterocycles. The minimum absolute atomic E-state index is 0.231. The van der Waals surface area contributed by atoms with Crippen molar-refractivity contribution >= 4 is 6.29 Å². The van der Waals surface area contributed by atoms with E-state index in [1.165, 1.54) is 11.1 Å². The molecule has 0 aliphatic heterocycles. The molecule has 0 saturated carbocycles. The van der Waals surface area contributed by atoms with Gasteiger partial charge in [-0.05, 0) is 71.1 Å². The number of aldehydes is 1. The average molecular weight is 309 g/mol. The van der Waals surface area contributed by atoms with Crippen molar-refractivity contribution in [2.45, 2.75) is 85.7 Å². The highest BCUT2D eigenvalue weighted by Gasteiger charge is 2.10. The van der Waals surface area contributed by atoms with Crippen LogP contribution in [0.4, 0.5) is 0 Å². The minimum atomic E-state index is -0.231. The first-order valence-corrected chi connectivity index (χ1v) is 8.75. The van der Waals surface area contributed by atoms with Crippen molar-refractivity contribution in [1.29, 1.82) is 0 Å². The van der Waals surface area contributed by atoms with Gasteiger partial charge in [-0.15, -0.1) is 0 Å². The molecule has 0 heterocycles. The Morgan fingerprint density at radius 3 is 2.18 bits per heavy atom. The Bertz CT molecular complexity index is 351. The van der Waals surface area contributed by atoms with Crippen molar-refractivity contribution in [3.05, 3.63) is 23.3 Å². The Kier molecular flexibility index (Phi) is 12.1. The van der Waals surface area contributed by atoms with Gasteiger partial charge in [-0.2, -0.15) is 0 Å². The third kappa shape index (κ3) is 12.8. The summed E-state index contributed by atoms with van der Waals surface area (Å²) < 4.78 is 0. The second kappa shape index (κ2) is 12.6. The van der Waals surface area contributed by atoms with E-state index in [-0.39, 0.29) is 6.10 Å². The van der Waals surface area contributed by atoms with Crippen molar-refractivity contribution in [3.63, 3.8) is 0 Å². The SMILES string of the molecule is CC(C)=CCCC(C)CC(O)CC(C)=CCCC(C)CC=O. The summed E-state index contributed by atoms with van der Waals surface area (Å²) >= 11 is 0. The number of hydrogen-bond donors (Lipinski definition) is 1. The second-order valence-corrected chi connectivity index (χ2v) is 7.19. The smallest absolute Gasteiger partial charge is 0.120 e. The molecule has 2 nitrogen and oxygen atoms in total. The molecule has 3 atom stereocenters. The Hall–Kier alpha value is -0.890. The lowest BCUT2D eigenvalue weighted by atomic mass is 9.94. The van der Waals surface area contributed by atoms with E-state index in [4.69, 9.17) is 0 Å². The van der Waals surface area contributed by atoms with E-state index in [0.29, 0.717) is 18.3 Å². The molecule has 0 radical (unpaired) electrons. The van der Waals surface area contributed by atoms with E-state index in [1.54, 1.807) is 0 Å². The predicted molar refractivity (Wildman–Crippen MR) is 95.9 cm³/mol. The van der Waals surface area contributed by atoms with Gasteiger partial charge >= 0.3 is 0 Å². The van der Waals surface area contributed by atoms with Crippen molar-refractivity contribution in [3.8, 4) is 0 Å². The fourth-order valence-electron chi connectivity index (χ4n) is 2.67. The highest BCUT2D eigenvalue weighted by Crippen LogP contribution is 2.19. The van der Waals surface area contributed by atoms with Gasteiger partial charge in [-0.25, -0.2) is 0 Å². The van der Waals surface area contributed by atoms with Crippen molar-refractivity contribution < 1.29 is 9.90 Å². The van der Waals surface area contributed by atoms with Gasteiger partial charge in [0.2, 0.25) is 0 Å². The van der Waals surface area contributed by atoms with Crippen LogP contribution in [0.1, 0.15) is 79.6 Å². The topological polar surface area (TPSA) is 37.3 Å². The maximum Gasteiger partial charge on any atom is 0.120 e. The number of allylic oxidation sites excluding steroid dienone is 3. The standard InChI is InChI=1S/C20H36O2/c1-16(2)8-6-10-18(4)14-20(22)15-19(5)11-7-9-17(3)12-13-21/h8,11,13,17-18,20,22H,6-7,9-10,12,14-15H2,1-5H3. The Balaban J connectivity index is 3.95. The first-order chi connectivity index (χ1) is 10.3. The number of carbonyl (C=O) groups is 1.